The first-order valence-electron chi connectivity index (χ1n) is 4.47. The summed E-state index contributed by atoms with van der Waals surface area (Å²) < 4.78 is 25.9. The molecule has 0 saturated heterocycles. The highest BCUT2D eigenvalue weighted by Gasteiger charge is 2.12. The topological polar surface area (TPSA) is 0 Å². The van der Waals surface area contributed by atoms with Gasteiger partial charge in [0.25, 0.3) is 0 Å². The molecule has 0 saturated carbocycles. The van der Waals surface area contributed by atoms with Gasteiger partial charge in [-0.05, 0) is 24.3 Å². The van der Waals surface area contributed by atoms with Gasteiger partial charge in [0.05, 0.1) is 0 Å². The van der Waals surface area contributed by atoms with E-state index in [0.717, 1.165) is 22.7 Å². The third-order valence-corrected chi connectivity index (χ3v) is 3.08. The predicted octanol–water partition coefficient (Wildman–Crippen LogP) is 3.20. The molecular weight excluding hydrogens is 214 g/mol. The fraction of sp³-hybridized carbons (Fsp3) is 0. The largest absolute Gasteiger partial charge is 0.207 e. The second kappa shape index (κ2) is 4.45. The van der Waals surface area contributed by atoms with Crippen molar-refractivity contribution < 1.29 is 8.78 Å². The van der Waals surface area contributed by atoms with Gasteiger partial charge in [-0.25, -0.2) is 8.78 Å². The van der Waals surface area contributed by atoms with Crippen LogP contribution in [0, 0.1) is 11.6 Å². The van der Waals surface area contributed by atoms with Crippen molar-refractivity contribution in [1.82, 2.24) is 0 Å². The summed E-state index contributed by atoms with van der Waals surface area (Å²) in [5.41, 5.74) is 0. The maximum atomic E-state index is 13.3. The molecule has 0 N–H and O–H groups in total. The van der Waals surface area contributed by atoms with Gasteiger partial charge < -0.3 is 0 Å². The first-order chi connectivity index (χ1) is 7.25. The highest BCUT2D eigenvalue weighted by molar-refractivity contribution is 7.78. The molecule has 0 fully saturated rings. The summed E-state index contributed by atoms with van der Waals surface area (Å²) in [5.74, 6) is -1.04. The molecule has 15 heavy (non-hydrogen) atoms. The molecule has 0 radical (unpaired) electrons. The second-order valence-electron chi connectivity index (χ2n) is 3.04. The molecule has 0 nitrogen and oxygen atoms in total. The summed E-state index contributed by atoms with van der Waals surface area (Å²) in [5, 5.41) is 0. The highest BCUT2D eigenvalue weighted by Crippen LogP contribution is 2.16. The van der Waals surface area contributed by atoms with Crippen LogP contribution in [0.4, 0.5) is 8.78 Å². The van der Waals surface area contributed by atoms with E-state index >= 15 is 0 Å². The van der Waals surface area contributed by atoms with Gasteiger partial charge in [-0.15, -0.1) is 0 Å². The molecule has 76 valence electrons. The van der Waals surface area contributed by atoms with Gasteiger partial charge in [-0.3, -0.25) is 0 Å². The molecule has 0 aromatic heterocycles. The lowest BCUT2D eigenvalue weighted by Gasteiger charge is -1.94. The van der Waals surface area contributed by atoms with E-state index in [1.165, 1.54) is 12.1 Å². The van der Waals surface area contributed by atoms with E-state index in [1.54, 1.807) is 0 Å². The quantitative estimate of drug-likeness (QED) is 0.542. The predicted molar refractivity (Wildman–Crippen MR) is 58.1 cm³/mol. The highest BCUT2D eigenvalue weighted by atomic mass is 32.2. The molecule has 0 aliphatic carbocycles. The molecule has 0 amide bonds. The number of rotatable bonds is 2. The number of thiol groups is 1. The SMILES string of the molecule is Fc1ccc([SH+]c2ccccc2)c(F)c1. The lowest BCUT2D eigenvalue weighted by Crippen LogP contribution is -1.90. The Hall–Kier alpha value is -1.35. The van der Waals surface area contributed by atoms with Crippen LogP contribution in [-0.4, -0.2) is 0 Å². The molecule has 0 unspecified atom stereocenters. The van der Waals surface area contributed by atoms with E-state index < -0.39 is 11.6 Å². The summed E-state index contributed by atoms with van der Waals surface area (Å²) in [4.78, 5) is 1.48. The van der Waals surface area contributed by atoms with Crippen molar-refractivity contribution in [3.63, 3.8) is 0 Å². The third kappa shape index (κ3) is 2.57. The Kier molecular flexibility index (Phi) is 3.02. The van der Waals surface area contributed by atoms with Crippen molar-refractivity contribution in [2.75, 3.05) is 0 Å². The molecule has 0 aliphatic heterocycles. The molecule has 2 aromatic carbocycles. The molecule has 0 spiro atoms. The van der Waals surface area contributed by atoms with Gasteiger partial charge in [-0.2, -0.15) is 0 Å². The van der Waals surface area contributed by atoms with Gasteiger partial charge in [-0.1, -0.05) is 18.2 Å². The minimum Gasteiger partial charge on any atom is -0.207 e. The van der Waals surface area contributed by atoms with Crippen LogP contribution in [0.5, 0.6) is 0 Å². The van der Waals surface area contributed by atoms with E-state index in [0.29, 0.717) is 4.90 Å². The Morgan fingerprint density at radius 3 is 2.27 bits per heavy atom. The molecule has 0 heterocycles. The van der Waals surface area contributed by atoms with E-state index in [2.05, 4.69) is 0 Å². The standard InChI is InChI=1S/C12H8F2S/c13-9-6-7-12(11(14)8-9)15-10-4-2-1-3-5-10/h1-8H/p+1. The van der Waals surface area contributed by atoms with Gasteiger partial charge in [0.15, 0.2) is 15.6 Å². The van der Waals surface area contributed by atoms with E-state index in [1.807, 2.05) is 30.3 Å². The molecule has 0 aliphatic rings. The Morgan fingerprint density at radius 2 is 1.60 bits per heavy atom. The number of halogens is 2. The molecular formula is C12H9F2S+. The lowest BCUT2D eigenvalue weighted by atomic mass is 10.3. The minimum absolute atomic E-state index is 0.489. The van der Waals surface area contributed by atoms with Crippen molar-refractivity contribution in [1.29, 1.82) is 0 Å². The minimum atomic E-state index is -0.542. The smallest absolute Gasteiger partial charge is 0.194 e. The fourth-order valence-corrected chi connectivity index (χ4v) is 2.13. The second-order valence-corrected chi connectivity index (χ2v) is 4.26. The first-order valence-corrected chi connectivity index (χ1v) is 5.37. The normalized spacial score (nSPS) is 10.3. The Bertz CT molecular complexity index is 454. The summed E-state index contributed by atoms with van der Waals surface area (Å²) in [6, 6.07) is 13.2. The number of benzene rings is 2. The maximum absolute atomic E-state index is 13.3. The van der Waals surface area contributed by atoms with Crippen LogP contribution in [0.15, 0.2) is 58.3 Å². The molecule has 2 aromatic rings. The summed E-state index contributed by atoms with van der Waals surface area (Å²) in [7, 11) is 0. The summed E-state index contributed by atoms with van der Waals surface area (Å²) in [6.07, 6.45) is 0. The van der Waals surface area contributed by atoms with Crippen LogP contribution < -0.4 is 0 Å². The van der Waals surface area contributed by atoms with Gasteiger partial charge in [0, 0.05) is 17.8 Å². The molecule has 0 bridgehead atoms. The number of hydrogen-bond acceptors (Lipinski definition) is 0. The van der Waals surface area contributed by atoms with E-state index in [9.17, 15) is 8.78 Å². The zero-order valence-corrected chi connectivity index (χ0v) is 8.72. The van der Waals surface area contributed by atoms with Crippen LogP contribution in [-0.2, 0) is 11.8 Å². The van der Waals surface area contributed by atoms with Gasteiger partial charge in [0.1, 0.15) is 5.82 Å². The van der Waals surface area contributed by atoms with Gasteiger partial charge >= 0.3 is 0 Å². The summed E-state index contributed by atoms with van der Waals surface area (Å²) in [6.45, 7) is 0. The Morgan fingerprint density at radius 1 is 0.867 bits per heavy atom. The van der Waals surface area contributed by atoms with Crippen LogP contribution in [0.1, 0.15) is 0 Å². The molecule has 2 rings (SSSR count). The molecule has 0 atom stereocenters. The third-order valence-electron chi connectivity index (χ3n) is 1.92. The lowest BCUT2D eigenvalue weighted by molar-refractivity contribution is 0.565. The fourth-order valence-electron chi connectivity index (χ4n) is 1.21. The Labute approximate surface area is 90.9 Å². The van der Waals surface area contributed by atoms with Crippen molar-refractivity contribution in [3.8, 4) is 0 Å². The van der Waals surface area contributed by atoms with Crippen LogP contribution in [0.3, 0.4) is 0 Å². The Balaban J connectivity index is 2.25. The van der Waals surface area contributed by atoms with Crippen LogP contribution in [0.25, 0.3) is 0 Å². The van der Waals surface area contributed by atoms with Crippen LogP contribution in [0.2, 0.25) is 0 Å². The van der Waals surface area contributed by atoms with Crippen molar-refractivity contribution >= 4 is 11.8 Å². The zero-order chi connectivity index (χ0) is 10.7. The average molecular weight is 223 g/mol. The number of hydrogen-bond donors (Lipinski definition) is 0. The van der Waals surface area contributed by atoms with Crippen molar-refractivity contribution in [2.24, 2.45) is 0 Å². The summed E-state index contributed by atoms with van der Waals surface area (Å²) >= 11 is 0.756. The van der Waals surface area contributed by atoms with E-state index in [-0.39, 0.29) is 0 Å². The van der Waals surface area contributed by atoms with Crippen molar-refractivity contribution in [2.45, 2.75) is 9.79 Å². The monoisotopic (exact) mass is 223 g/mol. The first kappa shape index (κ1) is 10.2. The van der Waals surface area contributed by atoms with Crippen molar-refractivity contribution in [3.05, 3.63) is 60.2 Å². The average Bonchev–Trinajstić information content (AvgIpc) is 2.24. The van der Waals surface area contributed by atoms with Crippen LogP contribution >= 0.6 is 0 Å². The van der Waals surface area contributed by atoms with E-state index in [4.69, 9.17) is 0 Å². The molecule has 3 heteroatoms. The zero-order valence-electron chi connectivity index (χ0n) is 7.82. The maximum Gasteiger partial charge on any atom is 0.194 e. The van der Waals surface area contributed by atoms with Gasteiger partial charge in [0.2, 0.25) is 0 Å².